The summed E-state index contributed by atoms with van der Waals surface area (Å²) in [7, 11) is 0. The smallest absolute Gasteiger partial charge is 0.264 e. The van der Waals surface area contributed by atoms with E-state index in [0.29, 0.717) is 22.5 Å². The molecule has 1 aromatic heterocycles. The zero-order valence-electron chi connectivity index (χ0n) is 12.0. The minimum absolute atomic E-state index is 0.145. The molecular formula is C17H10FN3O2. The summed E-state index contributed by atoms with van der Waals surface area (Å²) in [6.45, 7) is 8.54. The van der Waals surface area contributed by atoms with E-state index in [4.69, 9.17) is 6.57 Å². The molecule has 23 heavy (non-hydrogen) atoms. The van der Waals surface area contributed by atoms with E-state index in [9.17, 15) is 14.3 Å². The maximum atomic E-state index is 13.6. The molecule has 2 aromatic carbocycles. The van der Waals surface area contributed by atoms with Crippen molar-refractivity contribution in [2.24, 2.45) is 0 Å². The zero-order chi connectivity index (χ0) is 16.4. The first-order valence-corrected chi connectivity index (χ1v) is 6.91. The Hall–Kier alpha value is -3.04. The molecule has 0 aliphatic carbocycles. The van der Waals surface area contributed by atoms with Gasteiger partial charge in [-0.3, -0.25) is 9.36 Å². The average molecular weight is 307 g/mol. The van der Waals surface area contributed by atoms with Crippen LogP contribution in [0.15, 0.2) is 41.2 Å². The molecule has 0 amide bonds. The second-order valence-corrected chi connectivity index (χ2v) is 5.62. The van der Waals surface area contributed by atoms with Gasteiger partial charge < -0.3 is 5.11 Å². The zero-order valence-corrected chi connectivity index (χ0v) is 12.0. The largest absolute Gasteiger partial charge is 0.377 e. The summed E-state index contributed by atoms with van der Waals surface area (Å²) in [5.74, 6) is -0.351. The monoisotopic (exact) mass is 307 g/mol. The molecule has 1 N–H and O–H groups in total. The van der Waals surface area contributed by atoms with Crippen LogP contribution in [-0.2, 0) is 5.60 Å². The lowest BCUT2D eigenvalue weighted by Gasteiger charge is -2.17. The Morgan fingerprint density at radius 1 is 1.30 bits per heavy atom. The number of aromatic nitrogens is 2. The van der Waals surface area contributed by atoms with E-state index >= 15 is 0 Å². The highest BCUT2D eigenvalue weighted by Gasteiger charge is 2.41. The first kappa shape index (κ1) is 13.6. The van der Waals surface area contributed by atoms with Crippen LogP contribution < -0.4 is 5.56 Å². The van der Waals surface area contributed by atoms with Crippen molar-refractivity contribution in [2.45, 2.75) is 12.5 Å². The van der Waals surface area contributed by atoms with Crippen LogP contribution in [0.5, 0.6) is 0 Å². The predicted molar refractivity (Wildman–Crippen MR) is 82.2 cm³/mol. The van der Waals surface area contributed by atoms with Crippen LogP contribution in [0.4, 0.5) is 10.1 Å². The number of hydrogen-bond acceptors (Lipinski definition) is 3. The molecule has 5 nitrogen and oxygen atoms in total. The Kier molecular flexibility index (Phi) is 2.51. The Labute approximate surface area is 130 Å². The van der Waals surface area contributed by atoms with Crippen molar-refractivity contribution in [3.8, 4) is 5.69 Å². The summed E-state index contributed by atoms with van der Waals surface area (Å²) in [6.07, 6.45) is 0. The van der Waals surface area contributed by atoms with Crippen LogP contribution in [0.25, 0.3) is 21.4 Å². The molecule has 6 heteroatoms. The molecule has 1 unspecified atom stereocenters. The second kappa shape index (κ2) is 4.24. The minimum atomic E-state index is -1.57. The number of nitrogens with zero attached hydrogens (tertiary/aromatic N) is 3. The molecule has 112 valence electrons. The van der Waals surface area contributed by atoms with Gasteiger partial charge in [-0.2, -0.15) is 0 Å². The van der Waals surface area contributed by atoms with E-state index in [0.717, 1.165) is 0 Å². The molecule has 2 heterocycles. The van der Waals surface area contributed by atoms with Crippen molar-refractivity contribution in [1.29, 1.82) is 0 Å². The van der Waals surface area contributed by atoms with E-state index < -0.39 is 11.4 Å². The molecule has 4 rings (SSSR count). The summed E-state index contributed by atoms with van der Waals surface area (Å²) >= 11 is 0. The summed E-state index contributed by atoms with van der Waals surface area (Å²) in [5.41, 5.74) is -0.533. The average Bonchev–Trinajstić information content (AvgIpc) is 2.75. The SMILES string of the molecule is [C-]#[N+]c1ccc2nc3n(c(=O)c2c1)-c1ccc(F)cc1C3(C)O. The highest BCUT2D eigenvalue weighted by Crippen LogP contribution is 2.39. The van der Waals surface area contributed by atoms with E-state index in [-0.39, 0.29) is 16.8 Å². The fraction of sp³-hybridized carbons (Fsp3) is 0.118. The third-order valence-electron chi connectivity index (χ3n) is 4.14. The van der Waals surface area contributed by atoms with Gasteiger partial charge in [-0.05, 0) is 37.3 Å². The van der Waals surface area contributed by atoms with Crippen molar-refractivity contribution in [2.75, 3.05) is 0 Å². The van der Waals surface area contributed by atoms with Crippen LogP contribution in [0, 0.1) is 12.4 Å². The Balaban J connectivity index is 2.18. The predicted octanol–water partition coefficient (Wildman–Crippen LogP) is 2.64. The van der Waals surface area contributed by atoms with E-state index in [2.05, 4.69) is 9.83 Å². The van der Waals surface area contributed by atoms with Crippen molar-refractivity contribution in [1.82, 2.24) is 9.55 Å². The van der Waals surface area contributed by atoms with E-state index in [1.54, 1.807) is 12.1 Å². The van der Waals surface area contributed by atoms with Crippen LogP contribution in [0.3, 0.4) is 0 Å². The standard InChI is InChI=1S/C17H10FN3O2/c1-17(23)12-7-9(18)3-6-14(12)21-15(22)11-8-10(19-2)4-5-13(11)20-16(17)21/h3-8,23H,1H3. The van der Waals surface area contributed by atoms with Gasteiger partial charge >= 0.3 is 0 Å². The topological polar surface area (TPSA) is 59.5 Å². The van der Waals surface area contributed by atoms with Gasteiger partial charge in [-0.1, -0.05) is 6.07 Å². The number of hydrogen-bond donors (Lipinski definition) is 1. The van der Waals surface area contributed by atoms with Gasteiger partial charge in [0.2, 0.25) is 0 Å². The lowest BCUT2D eigenvalue weighted by Crippen LogP contribution is -2.27. The molecule has 1 aliphatic heterocycles. The van der Waals surface area contributed by atoms with Gasteiger partial charge in [0.05, 0.1) is 23.2 Å². The Bertz CT molecular complexity index is 1090. The van der Waals surface area contributed by atoms with Gasteiger partial charge in [-0.25, -0.2) is 14.2 Å². The summed E-state index contributed by atoms with van der Waals surface area (Å²) < 4.78 is 14.8. The van der Waals surface area contributed by atoms with Crippen molar-refractivity contribution >= 4 is 16.6 Å². The highest BCUT2D eigenvalue weighted by molar-refractivity contribution is 5.83. The number of fused-ring (bicyclic) bond motifs is 4. The number of aliphatic hydroxyl groups is 1. The first-order chi connectivity index (χ1) is 10.9. The summed E-state index contributed by atoms with van der Waals surface area (Å²) in [5, 5.41) is 11.1. The van der Waals surface area contributed by atoms with Crippen LogP contribution in [-0.4, -0.2) is 14.7 Å². The van der Waals surface area contributed by atoms with Crippen molar-refractivity contribution in [3.05, 3.63) is 75.4 Å². The molecule has 0 bridgehead atoms. The fourth-order valence-corrected chi connectivity index (χ4v) is 3.01. The van der Waals surface area contributed by atoms with Crippen molar-refractivity contribution < 1.29 is 9.50 Å². The van der Waals surface area contributed by atoms with Crippen LogP contribution >= 0.6 is 0 Å². The molecule has 0 spiro atoms. The minimum Gasteiger partial charge on any atom is -0.377 e. The molecule has 0 radical (unpaired) electrons. The van der Waals surface area contributed by atoms with Crippen molar-refractivity contribution in [3.63, 3.8) is 0 Å². The third kappa shape index (κ3) is 1.68. The fourth-order valence-electron chi connectivity index (χ4n) is 3.01. The van der Waals surface area contributed by atoms with Crippen LogP contribution in [0.2, 0.25) is 0 Å². The van der Waals surface area contributed by atoms with E-state index in [1.807, 2.05) is 0 Å². The highest BCUT2D eigenvalue weighted by atomic mass is 19.1. The summed E-state index contributed by atoms with van der Waals surface area (Å²) in [4.78, 5) is 20.5. The molecule has 1 aliphatic rings. The van der Waals surface area contributed by atoms with Gasteiger partial charge in [0.15, 0.2) is 11.5 Å². The van der Waals surface area contributed by atoms with Gasteiger partial charge in [0.25, 0.3) is 5.56 Å². The van der Waals surface area contributed by atoms with Crippen LogP contribution in [0.1, 0.15) is 18.3 Å². The van der Waals surface area contributed by atoms with E-state index in [1.165, 1.54) is 35.8 Å². The maximum Gasteiger partial charge on any atom is 0.264 e. The normalized spacial score (nSPS) is 18.5. The molecule has 0 fully saturated rings. The summed E-state index contributed by atoms with van der Waals surface area (Å²) in [6, 6.07) is 8.50. The number of benzene rings is 2. The third-order valence-corrected chi connectivity index (χ3v) is 4.14. The quantitative estimate of drug-likeness (QED) is 0.650. The molecule has 0 saturated carbocycles. The Morgan fingerprint density at radius 3 is 2.83 bits per heavy atom. The number of halogens is 1. The number of rotatable bonds is 0. The Morgan fingerprint density at radius 2 is 2.09 bits per heavy atom. The molecule has 0 saturated heterocycles. The van der Waals surface area contributed by atoms with Gasteiger partial charge in [-0.15, -0.1) is 0 Å². The molecular weight excluding hydrogens is 297 g/mol. The lowest BCUT2D eigenvalue weighted by atomic mass is 9.97. The van der Waals surface area contributed by atoms with Gasteiger partial charge in [0.1, 0.15) is 11.4 Å². The maximum absolute atomic E-state index is 13.6. The second-order valence-electron chi connectivity index (χ2n) is 5.62. The first-order valence-electron chi connectivity index (χ1n) is 6.91. The van der Waals surface area contributed by atoms with Gasteiger partial charge in [0, 0.05) is 5.56 Å². The lowest BCUT2D eigenvalue weighted by molar-refractivity contribution is 0.0980. The molecule has 1 atom stereocenters. The molecule has 3 aromatic rings.